The Morgan fingerprint density at radius 3 is 2.67 bits per heavy atom. The van der Waals surface area contributed by atoms with Crippen molar-refractivity contribution in [3.8, 4) is 0 Å². The van der Waals surface area contributed by atoms with E-state index in [1.165, 1.54) is 23.5 Å². The Morgan fingerprint density at radius 2 is 1.97 bits per heavy atom. The van der Waals surface area contributed by atoms with E-state index < -0.39 is 0 Å². The molecule has 0 bridgehead atoms. The molecule has 1 amide bonds. The molecule has 30 heavy (non-hydrogen) atoms. The summed E-state index contributed by atoms with van der Waals surface area (Å²) in [5, 5.41) is 3.54. The molecule has 1 aliphatic rings. The molecular weight excluding hydrogens is 399 g/mol. The number of halogens is 1. The Labute approximate surface area is 180 Å². The van der Waals surface area contributed by atoms with Gasteiger partial charge < -0.3 is 5.32 Å². The number of rotatable bonds is 6. The summed E-state index contributed by atoms with van der Waals surface area (Å²) in [5.74, 6) is 0.0886. The fourth-order valence-corrected chi connectivity index (χ4v) is 4.52. The van der Waals surface area contributed by atoms with Gasteiger partial charge in [0.05, 0.1) is 6.54 Å². The highest BCUT2D eigenvalue weighted by atomic mass is 32.1. The second-order valence-corrected chi connectivity index (χ2v) is 9.03. The van der Waals surface area contributed by atoms with Gasteiger partial charge in [-0.25, -0.2) is 9.37 Å². The lowest BCUT2D eigenvalue weighted by Gasteiger charge is -2.31. The number of hydrogen-bond donors (Lipinski definition) is 1. The van der Waals surface area contributed by atoms with Gasteiger partial charge in [0.25, 0.3) is 0 Å². The van der Waals surface area contributed by atoms with E-state index in [1.54, 1.807) is 18.3 Å². The summed E-state index contributed by atoms with van der Waals surface area (Å²) in [6, 6.07) is 10.8. The SMILES string of the molecule is Cc1cnc(NC(=O)CN2CCCC(c3ccc(Cc4ccc(F)cc4)cn3)C2)s1. The first kappa shape index (κ1) is 20.6. The van der Waals surface area contributed by atoms with Crippen molar-refractivity contribution >= 4 is 22.4 Å². The van der Waals surface area contributed by atoms with Gasteiger partial charge >= 0.3 is 0 Å². The van der Waals surface area contributed by atoms with Crippen molar-refractivity contribution in [2.45, 2.75) is 32.1 Å². The van der Waals surface area contributed by atoms with Crippen LogP contribution in [-0.4, -0.2) is 40.4 Å². The van der Waals surface area contributed by atoms with Crippen molar-refractivity contribution in [3.05, 3.63) is 76.3 Å². The number of likely N-dealkylation sites (tertiary alicyclic amines) is 1. The largest absolute Gasteiger partial charge is 0.301 e. The highest BCUT2D eigenvalue weighted by Gasteiger charge is 2.24. The van der Waals surface area contributed by atoms with Crippen LogP contribution in [0.1, 0.15) is 40.5 Å². The summed E-state index contributed by atoms with van der Waals surface area (Å²) in [5.41, 5.74) is 3.24. The number of pyridine rings is 1. The number of amides is 1. The third-order valence-electron chi connectivity index (χ3n) is 5.33. The van der Waals surface area contributed by atoms with Crippen LogP contribution < -0.4 is 5.32 Å². The standard InChI is InChI=1S/C23H25FN4OS/c1-16-12-26-23(30-16)27-22(29)15-28-10-2-3-19(14-28)21-9-6-18(13-25-21)11-17-4-7-20(24)8-5-17/h4-9,12-13,19H,2-3,10-11,14-15H2,1H3,(H,26,27,29). The summed E-state index contributed by atoms with van der Waals surface area (Å²) >= 11 is 1.49. The fraction of sp³-hybridized carbons (Fsp3) is 0.348. The third kappa shape index (κ3) is 5.49. The maximum Gasteiger partial charge on any atom is 0.240 e. The Balaban J connectivity index is 1.32. The smallest absolute Gasteiger partial charge is 0.240 e. The van der Waals surface area contributed by atoms with Crippen LogP contribution in [0.25, 0.3) is 0 Å². The van der Waals surface area contributed by atoms with Crippen LogP contribution in [-0.2, 0) is 11.2 Å². The zero-order chi connectivity index (χ0) is 20.9. The van der Waals surface area contributed by atoms with Crippen LogP contribution in [0.4, 0.5) is 9.52 Å². The predicted octanol–water partition coefficient (Wildman–Crippen LogP) is 4.39. The molecule has 0 radical (unpaired) electrons. The minimum absolute atomic E-state index is 0.0207. The lowest BCUT2D eigenvalue weighted by Crippen LogP contribution is -2.40. The number of anilines is 1. The van der Waals surface area contributed by atoms with Gasteiger partial charge in [0.2, 0.25) is 5.91 Å². The Hall–Kier alpha value is -2.64. The summed E-state index contributed by atoms with van der Waals surface area (Å²) in [7, 11) is 0. The maximum atomic E-state index is 13.1. The van der Waals surface area contributed by atoms with E-state index in [0.29, 0.717) is 17.6 Å². The number of benzene rings is 1. The van der Waals surface area contributed by atoms with Crippen molar-refractivity contribution in [1.82, 2.24) is 14.9 Å². The van der Waals surface area contributed by atoms with E-state index in [-0.39, 0.29) is 11.7 Å². The maximum absolute atomic E-state index is 13.1. The number of aryl methyl sites for hydroxylation is 1. The quantitative estimate of drug-likeness (QED) is 0.637. The number of piperidine rings is 1. The molecule has 5 nitrogen and oxygen atoms in total. The molecule has 3 heterocycles. The molecule has 7 heteroatoms. The predicted molar refractivity (Wildman–Crippen MR) is 117 cm³/mol. The molecule has 156 valence electrons. The molecule has 0 saturated carbocycles. The highest BCUT2D eigenvalue weighted by Crippen LogP contribution is 2.26. The normalized spacial score (nSPS) is 17.1. The fourth-order valence-electron chi connectivity index (χ4n) is 3.83. The molecule has 1 atom stereocenters. The molecule has 1 aliphatic heterocycles. The van der Waals surface area contributed by atoms with E-state index in [0.717, 1.165) is 54.0 Å². The Bertz CT molecular complexity index is 987. The van der Waals surface area contributed by atoms with Crippen LogP contribution in [0, 0.1) is 12.7 Å². The number of carbonyl (C=O) groups is 1. The van der Waals surface area contributed by atoms with Crippen LogP contribution in [0.2, 0.25) is 0 Å². The zero-order valence-electron chi connectivity index (χ0n) is 17.0. The van der Waals surface area contributed by atoms with E-state index in [9.17, 15) is 9.18 Å². The number of hydrogen-bond acceptors (Lipinski definition) is 5. The van der Waals surface area contributed by atoms with Gasteiger partial charge in [-0.15, -0.1) is 11.3 Å². The topological polar surface area (TPSA) is 58.1 Å². The number of nitrogens with zero attached hydrogens (tertiary/aromatic N) is 3. The molecule has 1 aromatic carbocycles. The summed E-state index contributed by atoms with van der Waals surface area (Å²) < 4.78 is 13.1. The first-order valence-electron chi connectivity index (χ1n) is 10.2. The van der Waals surface area contributed by atoms with Crippen LogP contribution in [0.3, 0.4) is 0 Å². The highest BCUT2D eigenvalue weighted by molar-refractivity contribution is 7.15. The molecule has 1 N–H and O–H groups in total. The van der Waals surface area contributed by atoms with Gasteiger partial charge in [0, 0.05) is 35.4 Å². The Kier molecular flexibility index (Phi) is 6.50. The second-order valence-electron chi connectivity index (χ2n) is 7.79. The average Bonchev–Trinajstić information content (AvgIpc) is 3.15. The van der Waals surface area contributed by atoms with Gasteiger partial charge in [0.1, 0.15) is 5.82 Å². The van der Waals surface area contributed by atoms with Crippen molar-refractivity contribution in [2.75, 3.05) is 25.0 Å². The minimum atomic E-state index is -0.218. The van der Waals surface area contributed by atoms with Crippen molar-refractivity contribution in [2.24, 2.45) is 0 Å². The van der Waals surface area contributed by atoms with Crippen LogP contribution in [0.15, 0.2) is 48.8 Å². The van der Waals surface area contributed by atoms with Crippen molar-refractivity contribution in [1.29, 1.82) is 0 Å². The molecule has 0 spiro atoms. The van der Waals surface area contributed by atoms with E-state index in [2.05, 4.69) is 27.3 Å². The van der Waals surface area contributed by atoms with Gasteiger partial charge in [-0.3, -0.25) is 14.7 Å². The van der Waals surface area contributed by atoms with Gasteiger partial charge in [-0.2, -0.15) is 0 Å². The van der Waals surface area contributed by atoms with Gasteiger partial charge in [-0.1, -0.05) is 18.2 Å². The molecule has 3 aromatic rings. The molecule has 1 unspecified atom stereocenters. The van der Waals surface area contributed by atoms with E-state index in [4.69, 9.17) is 4.98 Å². The van der Waals surface area contributed by atoms with Crippen LogP contribution in [0.5, 0.6) is 0 Å². The minimum Gasteiger partial charge on any atom is -0.301 e. The summed E-state index contributed by atoms with van der Waals surface area (Å²) in [6.07, 6.45) is 6.54. The molecule has 0 aliphatic carbocycles. The molecule has 4 rings (SSSR count). The van der Waals surface area contributed by atoms with E-state index in [1.807, 2.05) is 13.1 Å². The van der Waals surface area contributed by atoms with Gasteiger partial charge in [0.15, 0.2) is 5.13 Å². The molecule has 2 aromatic heterocycles. The van der Waals surface area contributed by atoms with Crippen LogP contribution >= 0.6 is 11.3 Å². The molecular formula is C23H25FN4OS. The van der Waals surface area contributed by atoms with Crippen molar-refractivity contribution in [3.63, 3.8) is 0 Å². The summed E-state index contributed by atoms with van der Waals surface area (Å²) in [6.45, 7) is 4.09. The number of nitrogens with one attached hydrogen (secondary N) is 1. The summed E-state index contributed by atoms with van der Waals surface area (Å²) in [4.78, 5) is 24.5. The first-order valence-corrected chi connectivity index (χ1v) is 11.0. The zero-order valence-corrected chi connectivity index (χ0v) is 17.8. The molecule has 1 saturated heterocycles. The monoisotopic (exact) mass is 424 g/mol. The lowest BCUT2D eigenvalue weighted by molar-refractivity contribution is -0.117. The number of aromatic nitrogens is 2. The lowest BCUT2D eigenvalue weighted by atomic mass is 9.93. The Morgan fingerprint density at radius 1 is 1.17 bits per heavy atom. The second kappa shape index (κ2) is 9.45. The van der Waals surface area contributed by atoms with Gasteiger partial charge in [-0.05, 0) is 62.1 Å². The average molecular weight is 425 g/mol. The van der Waals surface area contributed by atoms with Crippen molar-refractivity contribution < 1.29 is 9.18 Å². The molecule has 1 fully saturated rings. The number of carbonyl (C=O) groups excluding carboxylic acids is 1. The number of thiazole rings is 1. The first-order chi connectivity index (χ1) is 14.5. The third-order valence-corrected chi connectivity index (χ3v) is 6.16. The van der Waals surface area contributed by atoms with E-state index >= 15 is 0 Å².